The number of alkyl halides is 3. The summed E-state index contributed by atoms with van der Waals surface area (Å²) in [5.41, 5.74) is 0.881. The zero-order valence-electron chi connectivity index (χ0n) is 22.2. The summed E-state index contributed by atoms with van der Waals surface area (Å²) < 4.78 is 89.5. The molecule has 3 aliphatic rings. The molecule has 8 nitrogen and oxygen atoms in total. The Morgan fingerprint density at radius 1 is 1.05 bits per heavy atom. The van der Waals surface area contributed by atoms with Crippen molar-refractivity contribution < 1.29 is 40.2 Å². The molecule has 2 atom stereocenters. The van der Waals surface area contributed by atoms with Gasteiger partial charge in [0.15, 0.2) is 0 Å². The van der Waals surface area contributed by atoms with Crippen LogP contribution in [0.1, 0.15) is 9.67 Å². The smallest absolute Gasteiger partial charge is 0.406 e. The fourth-order valence-electron chi connectivity index (χ4n) is 5.81. The second-order valence-electron chi connectivity index (χ2n) is 10.5. The third kappa shape index (κ3) is 5.85. The van der Waals surface area contributed by atoms with Crippen LogP contribution in [0.25, 0.3) is 0 Å². The number of halogens is 4. The van der Waals surface area contributed by atoms with E-state index in [1.54, 1.807) is 34.5 Å². The Hall–Kier alpha value is -3.20. The number of carbonyl (C=O) groups is 1. The number of rotatable bonds is 8. The average molecular weight is 626 g/mol. The highest BCUT2D eigenvalue weighted by Crippen LogP contribution is 2.53. The Morgan fingerprint density at radius 3 is 2.33 bits per heavy atom. The topological polar surface area (TPSA) is 79.4 Å². The number of sulfonamides is 1. The second kappa shape index (κ2) is 11.1. The van der Waals surface area contributed by atoms with Gasteiger partial charge in [0.05, 0.1) is 28.7 Å². The summed E-state index contributed by atoms with van der Waals surface area (Å²) in [5, 5.41) is 1.80. The molecule has 0 bridgehead atoms. The highest BCUT2D eigenvalue weighted by atomic mass is 32.2. The SMILES string of the molecule is O=C(c1cccs1)N(CC1C2CN(S(=O)(=O)c3ccc(OC(F)(F)F)cc3)CC12)c1ccc(N2CCOCC2)c(F)c1. The van der Waals surface area contributed by atoms with Crippen LogP contribution < -0.4 is 14.5 Å². The molecule has 2 saturated heterocycles. The Morgan fingerprint density at radius 2 is 1.74 bits per heavy atom. The molecular weight excluding hydrogens is 598 g/mol. The summed E-state index contributed by atoms with van der Waals surface area (Å²) in [4.78, 5) is 17.4. The standard InChI is InChI=1S/C28H27F4N3O5S2/c29-24-14-18(3-8-25(24)33-9-11-39-12-10-33)35(27(36)26-2-1-13-41-26)17-23-21-15-34(16-22(21)23)42(37,38)20-6-4-19(5-7-20)40-28(30,31)32/h1-8,13-14,21-23H,9-12,15-17H2. The minimum Gasteiger partial charge on any atom is -0.406 e. The molecule has 42 heavy (non-hydrogen) atoms. The van der Waals surface area contributed by atoms with E-state index in [2.05, 4.69) is 4.74 Å². The number of fused-ring (bicyclic) bond motifs is 1. The number of anilines is 2. The van der Waals surface area contributed by atoms with E-state index < -0.39 is 28.0 Å². The van der Waals surface area contributed by atoms with Gasteiger partial charge in [-0.05, 0) is 71.7 Å². The zero-order chi connectivity index (χ0) is 29.6. The lowest BCUT2D eigenvalue weighted by molar-refractivity contribution is -0.274. The van der Waals surface area contributed by atoms with E-state index in [1.165, 1.54) is 21.7 Å². The molecule has 0 radical (unpaired) electrons. The van der Waals surface area contributed by atoms with Gasteiger partial charge in [0.1, 0.15) is 11.6 Å². The van der Waals surface area contributed by atoms with E-state index in [4.69, 9.17) is 4.74 Å². The van der Waals surface area contributed by atoms with Crippen molar-refractivity contribution in [3.8, 4) is 5.75 Å². The molecule has 2 aromatic carbocycles. The van der Waals surface area contributed by atoms with Crippen molar-refractivity contribution in [2.45, 2.75) is 11.3 Å². The molecule has 6 rings (SSSR count). The van der Waals surface area contributed by atoms with Crippen LogP contribution >= 0.6 is 11.3 Å². The Bertz CT molecular complexity index is 1530. The lowest BCUT2D eigenvalue weighted by Gasteiger charge is -2.30. The lowest BCUT2D eigenvalue weighted by Crippen LogP contribution is -2.37. The maximum atomic E-state index is 15.3. The van der Waals surface area contributed by atoms with Crippen molar-refractivity contribution >= 4 is 38.6 Å². The van der Waals surface area contributed by atoms with E-state index in [0.29, 0.717) is 49.1 Å². The predicted octanol–water partition coefficient (Wildman–Crippen LogP) is 4.84. The number of morpholine rings is 1. The van der Waals surface area contributed by atoms with Crippen LogP contribution in [0.5, 0.6) is 5.75 Å². The van der Waals surface area contributed by atoms with Crippen LogP contribution in [-0.2, 0) is 14.8 Å². The maximum Gasteiger partial charge on any atom is 0.573 e. The van der Waals surface area contributed by atoms with Gasteiger partial charge >= 0.3 is 6.36 Å². The largest absolute Gasteiger partial charge is 0.573 e. The number of hydrogen-bond donors (Lipinski definition) is 0. The molecule has 3 heterocycles. The van der Waals surface area contributed by atoms with Crippen molar-refractivity contribution in [2.75, 3.05) is 55.7 Å². The van der Waals surface area contributed by atoms with Gasteiger partial charge in [-0.1, -0.05) is 6.07 Å². The van der Waals surface area contributed by atoms with Crippen molar-refractivity contribution in [1.29, 1.82) is 0 Å². The fraction of sp³-hybridized carbons (Fsp3) is 0.393. The average Bonchev–Trinajstić information content (AvgIpc) is 3.35. The number of amides is 1. The summed E-state index contributed by atoms with van der Waals surface area (Å²) in [6, 6.07) is 12.4. The van der Waals surface area contributed by atoms with Gasteiger partial charge in [-0.2, -0.15) is 4.31 Å². The van der Waals surface area contributed by atoms with Gasteiger partial charge in [0, 0.05) is 38.4 Å². The molecule has 3 aromatic rings. The number of carbonyl (C=O) groups excluding carboxylic acids is 1. The van der Waals surface area contributed by atoms with Gasteiger partial charge in [0.2, 0.25) is 10.0 Å². The van der Waals surface area contributed by atoms with E-state index in [-0.39, 0.29) is 41.6 Å². The van der Waals surface area contributed by atoms with E-state index in [1.807, 2.05) is 4.90 Å². The molecule has 1 aromatic heterocycles. The van der Waals surface area contributed by atoms with Gasteiger partial charge in [-0.15, -0.1) is 24.5 Å². The summed E-state index contributed by atoms with van der Waals surface area (Å²) in [5.74, 6) is -1.16. The summed E-state index contributed by atoms with van der Waals surface area (Å²) in [6.45, 7) is 2.93. The first-order valence-corrected chi connectivity index (χ1v) is 15.7. The van der Waals surface area contributed by atoms with Crippen LogP contribution in [0.4, 0.5) is 28.9 Å². The van der Waals surface area contributed by atoms with Gasteiger partial charge < -0.3 is 19.3 Å². The summed E-state index contributed by atoms with van der Waals surface area (Å²) in [7, 11) is -3.92. The van der Waals surface area contributed by atoms with Crippen LogP contribution in [0.15, 0.2) is 64.9 Å². The molecule has 1 aliphatic carbocycles. The molecule has 3 fully saturated rings. The number of thiophene rings is 1. The molecule has 1 saturated carbocycles. The number of hydrogen-bond acceptors (Lipinski definition) is 7. The van der Waals surface area contributed by atoms with E-state index >= 15 is 4.39 Å². The number of piperidine rings is 1. The Kier molecular flexibility index (Phi) is 7.66. The highest BCUT2D eigenvalue weighted by Gasteiger charge is 2.58. The molecule has 0 N–H and O–H groups in total. The Labute approximate surface area is 244 Å². The van der Waals surface area contributed by atoms with E-state index in [0.717, 1.165) is 24.3 Å². The number of nitrogens with zero attached hydrogens (tertiary/aromatic N) is 3. The van der Waals surface area contributed by atoms with Gasteiger partial charge in [-0.25, -0.2) is 12.8 Å². The quantitative estimate of drug-likeness (QED) is 0.334. The maximum absolute atomic E-state index is 15.3. The first-order chi connectivity index (χ1) is 20.0. The normalized spacial score (nSPS) is 22.6. The highest BCUT2D eigenvalue weighted by molar-refractivity contribution is 7.89. The summed E-state index contributed by atoms with van der Waals surface area (Å²) in [6.07, 6.45) is -4.87. The third-order valence-electron chi connectivity index (χ3n) is 8.00. The third-order valence-corrected chi connectivity index (χ3v) is 10.7. The van der Waals surface area contributed by atoms with Crippen LogP contribution in [0, 0.1) is 23.6 Å². The van der Waals surface area contributed by atoms with Crippen LogP contribution in [0.3, 0.4) is 0 Å². The minimum absolute atomic E-state index is 0.00344. The van der Waals surface area contributed by atoms with Gasteiger partial charge in [-0.3, -0.25) is 4.79 Å². The lowest BCUT2D eigenvalue weighted by atomic mass is 10.2. The monoisotopic (exact) mass is 625 g/mol. The van der Waals surface area contributed by atoms with Crippen LogP contribution in [-0.4, -0.2) is 70.9 Å². The molecule has 2 unspecified atom stereocenters. The van der Waals surface area contributed by atoms with Crippen molar-refractivity contribution in [3.63, 3.8) is 0 Å². The first-order valence-electron chi connectivity index (χ1n) is 13.3. The molecule has 224 valence electrons. The van der Waals surface area contributed by atoms with Gasteiger partial charge in [0.25, 0.3) is 5.91 Å². The van der Waals surface area contributed by atoms with Crippen LogP contribution in [0.2, 0.25) is 0 Å². The molecule has 2 aliphatic heterocycles. The van der Waals surface area contributed by atoms with Crippen molar-refractivity contribution in [2.24, 2.45) is 17.8 Å². The fourth-order valence-corrected chi connectivity index (χ4v) is 8.00. The van der Waals surface area contributed by atoms with Crippen molar-refractivity contribution in [3.05, 3.63) is 70.7 Å². The molecular formula is C28H27F4N3O5S2. The molecule has 1 amide bonds. The molecule has 0 spiro atoms. The molecule has 14 heteroatoms. The first kappa shape index (κ1) is 28.9. The number of ether oxygens (including phenoxy) is 2. The minimum atomic E-state index is -4.87. The predicted molar refractivity (Wildman–Crippen MR) is 148 cm³/mol. The zero-order valence-corrected chi connectivity index (χ0v) is 23.8. The second-order valence-corrected chi connectivity index (χ2v) is 13.3. The Balaban J connectivity index is 1.15. The van der Waals surface area contributed by atoms with E-state index in [9.17, 15) is 26.4 Å². The summed E-state index contributed by atoms with van der Waals surface area (Å²) >= 11 is 1.29. The van der Waals surface area contributed by atoms with Crippen molar-refractivity contribution in [1.82, 2.24) is 4.31 Å². The number of benzene rings is 2.